The topological polar surface area (TPSA) is 93.0 Å². The highest BCUT2D eigenvalue weighted by Crippen LogP contribution is 2.56. The van der Waals surface area contributed by atoms with Gasteiger partial charge in [0, 0.05) is 47.9 Å². The van der Waals surface area contributed by atoms with E-state index in [1.807, 2.05) is 51.1 Å². The minimum absolute atomic E-state index is 0.00810. The number of halogens is 3. The van der Waals surface area contributed by atoms with Crippen LogP contribution in [0.1, 0.15) is 88.3 Å². The molecule has 0 spiro atoms. The SMILES string of the molecule is C[C@@H](COc1ccc(C#N)c(-c2c(Cl)c(F)cc3c2[C@H](C)[C@@](CN[C@H]2CC[C@](C)(O)CC2)(c2ccccc2)O3)c1F)OC1CCCCO1. The van der Waals surface area contributed by atoms with Crippen LogP contribution < -0.4 is 14.8 Å². The van der Waals surface area contributed by atoms with Crippen molar-refractivity contribution in [3.63, 3.8) is 0 Å². The van der Waals surface area contributed by atoms with Gasteiger partial charge in [0.1, 0.15) is 18.2 Å². The van der Waals surface area contributed by atoms with E-state index in [4.69, 9.17) is 30.5 Å². The highest BCUT2D eigenvalue weighted by molar-refractivity contribution is 6.34. The smallest absolute Gasteiger partial charge is 0.174 e. The van der Waals surface area contributed by atoms with Crippen LogP contribution >= 0.6 is 11.6 Å². The molecule has 48 heavy (non-hydrogen) atoms. The molecule has 6 rings (SSSR count). The first kappa shape index (κ1) is 34.6. The number of hydrogen-bond donors (Lipinski definition) is 2. The minimum atomic E-state index is -0.999. The number of nitriles is 1. The van der Waals surface area contributed by atoms with Gasteiger partial charge in [-0.15, -0.1) is 0 Å². The molecule has 2 heterocycles. The van der Waals surface area contributed by atoms with E-state index in [1.54, 1.807) is 0 Å². The van der Waals surface area contributed by atoms with Crippen LogP contribution in [0.5, 0.6) is 11.5 Å². The molecule has 4 atom stereocenters. The Kier molecular flexibility index (Phi) is 10.3. The van der Waals surface area contributed by atoms with Crippen LogP contribution in [0.3, 0.4) is 0 Å². The summed E-state index contributed by atoms with van der Waals surface area (Å²) in [5.74, 6) is -1.91. The van der Waals surface area contributed by atoms with Gasteiger partial charge in [0.15, 0.2) is 23.5 Å². The lowest BCUT2D eigenvalue weighted by Gasteiger charge is -2.38. The first-order chi connectivity index (χ1) is 23.0. The molecular weight excluding hydrogens is 638 g/mol. The van der Waals surface area contributed by atoms with Gasteiger partial charge in [-0.2, -0.15) is 5.26 Å². The van der Waals surface area contributed by atoms with Crippen LogP contribution in [0.2, 0.25) is 5.02 Å². The Morgan fingerprint density at radius 3 is 2.54 bits per heavy atom. The fourth-order valence-electron chi connectivity index (χ4n) is 7.28. The molecule has 1 unspecified atom stereocenters. The molecule has 7 nitrogen and oxygen atoms in total. The summed E-state index contributed by atoms with van der Waals surface area (Å²) < 4.78 is 56.5. The van der Waals surface area contributed by atoms with Crippen LogP contribution in [0.25, 0.3) is 11.1 Å². The van der Waals surface area contributed by atoms with Crippen molar-refractivity contribution in [3.8, 4) is 28.7 Å². The van der Waals surface area contributed by atoms with Crippen LogP contribution in [-0.2, 0) is 15.1 Å². The third-order valence-corrected chi connectivity index (χ3v) is 10.5. The monoisotopic (exact) mass is 680 g/mol. The molecule has 1 saturated heterocycles. The lowest BCUT2D eigenvalue weighted by Crippen LogP contribution is -2.49. The Morgan fingerprint density at radius 2 is 1.85 bits per heavy atom. The predicted octanol–water partition coefficient (Wildman–Crippen LogP) is 8.14. The average molecular weight is 681 g/mol. The maximum Gasteiger partial charge on any atom is 0.174 e. The standard InChI is InChI=1S/C38H43ClF2N2O5/c1-23(47-31-11-7-8-18-45-31)21-46-29-13-12-25(20-42)33(36(29)41)34-32-24(2)38(26-9-5-4-6-10-26,48-30(32)19-28(40)35(34)39)22-43-27-14-16-37(3,44)17-15-27/h4-6,9-10,12-13,19,23-24,27,31,43-44H,7-8,11,14-18,21-22H2,1-3H3/t23-,24-,27-,31?,37-,38-/m0/s1. The van der Waals surface area contributed by atoms with Crippen LogP contribution in [-0.4, -0.2) is 48.9 Å². The molecule has 2 N–H and O–H groups in total. The number of fused-ring (bicyclic) bond motifs is 1. The number of nitrogens with one attached hydrogen (secondary N) is 1. The first-order valence-electron chi connectivity index (χ1n) is 16.9. The van der Waals surface area contributed by atoms with E-state index in [0.29, 0.717) is 31.6 Å². The minimum Gasteiger partial charge on any atom is -0.488 e. The normalized spacial score (nSPS) is 27.5. The summed E-state index contributed by atoms with van der Waals surface area (Å²) in [5, 5.41) is 24.0. The number of rotatable bonds is 10. The van der Waals surface area contributed by atoms with E-state index in [1.165, 1.54) is 18.2 Å². The molecule has 0 bridgehead atoms. The molecule has 3 aliphatic rings. The summed E-state index contributed by atoms with van der Waals surface area (Å²) >= 11 is 6.71. The third-order valence-electron chi connectivity index (χ3n) is 10.1. The van der Waals surface area contributed by atoms with Gasteiger partial charge in [-0.1, -0.05) is 48.9 Å². The van der Waals surface area contributed by atoms with Crippen molar-refractivity contribution in [1.82, 2.24) is 5.32 Å². The summed E-state index contributed by atoms with van der Waals surface area (Å²) in [6.45, 7) is 6.69. The van der Waals surface area contributed by atoms with Crippen molar-refractivity contribution < 1.29 is 32.8 Å². The van der Waals surface area contributed by atoms with Crippen LogP contribution in [0.4, 0.5) is 8.78 Å². The first-order valence-corrected chi connectivity index (χ1v) is 17.3. The van der Waals surface area contributed by atoms with Gasteiger partial charge >= 0.3 is 0 Å². The lowest BCUT2D eigenvalue weighted by molar-refractivity contribution is -0.189. The molecule has 0 radical (unpaired) electrons. The van der Waals surface area contributed by atoms with Crippen molar-refractivity contribution >= 4 is 11.6 Å². The summed E-state index contributed by atoms with van der Waals surface area (Å²) in [6.07, 6.45) is 5.02. The number of hydrogen-bond acceptors (Lipinski definition) is 7. The molecule has 0 amide bonds. The van der Waals surface area contributed by atoms with Crippen molar-refractivity contribution in [2.75, 3.05) is 19.8 Å². The Balaban J connectivity index is 1.35. The Labute approximate surface area is 286 Å². The molecule has 3 aromatic rings. The van der Waals surface area contributed by atoms with Gasteiger partial charge < -0.3 is 29.4 Å². The third kappa shape index (κ3) is 6.92. The summed E-state index contributed by atoms with van der Waals surface area (Å²) in [4.78, 5) is 0. The summed E-state index contributed by atoms with van der Waals surface area (Å²) in [6, 6.07) is 16.0. The Morgan fingerprint density at radius 1 is 1.10 bits per heavy atom. The van der Waals surface area contributed by atoms with Crippen LogP contribution in [0, 0.1) is 23.0 Å². The van der Waals surface area contributed by atoms with Crippen molar-refractivity contribution in [1.29, 1.82) is 5.26 Å². The second-order valence-electron chi connectivity index (χ2n) is 13.7. The molecule has 10 heteroatoms. The molecule has 3 aromatic carbocycles. The maximum absolute atomic E-state index is 16.6. The zero-order chi connectivity index (χ0) is 34.1. The van der Waals surface area contributed by atoms with E-state index >= 15 is 8.78 Å². The molecule has 0 aromatic heterocycles. The second-order valence-corrected chi connectivity index (χ2v) is 14.0. The fourth-order valence-corrected chi connectivity index (χ4v) is 7.53. The van der Waals surface area contributed by atoms with Crippen LogP contribution in [0.15, 0.2) is 48.5 Å². The van der Waals surface area contributed by atoms with E-state index in [9.17, 15) is 10.4 Å². The Bertz CT molecular complexity index is 1650. The molecular formula is C38H43ClF2N2O5. The lowest BCUT2D eigenvalue weighted by atomic mass is 9.77. The van der Waals surface area contributed by atoms with Gasteiger partial charge in [0.05, 0.1) is 28.4 Å². The quantitative estimate of drug-likeness (QED) is 0.223. The predicted molar refractivity (Wildman–Crippen MR) is 179 cm³/mol. The van der Waals surface area contributed by atoms with Crippen molar-refractivity contribution in [2.24, 2.45) is 0 Å². The van der Waals surface area contributed by atoms with E-state index in [0.717, 1.165) is 37.7 Å². The van der Waals surface area contributed by atoms with Crippen molar-refractivity contribution in [3.05, 3.63) is 81.9 Å². The molecule has 2 aliphatic heterocycles. The number of ether oxygens (including phenoxy) is 4. The molecule has 256 valence electrons. The molecule has 2 fully saturated rings. The van der Waals surface area contributed by atoms with Crippen molar-refractivity contribution in [2.45, 2.75) is 101 Å². The van der Waals surface area contributed by atoms with E-state index in [2.05, 4.69) is 11.4 Å². The molecule has 1 saturated carbocycles. The largest absolute Gasteiger partial charge is 0.488 e. The average Bonchev–Trinajstić information content (AvgIpc) is 3.36. The van der Waals surface area contributed by atoms with E-state index < -0.39 is 34.9 Å². The number of benzene rings is 3. The molecule has 1 aliphatic carbocycles. The maximum atomic E-state index is 16.6. The van der Waals surface area contributed by atoms with Gasteiger partial charge in [-0.25, -0.2) is 8.78 Å². The van der Waals surface area contributed by atoms with Gasteiger partial charge in [-0.3, -0.25) is 0 Å². The Hall–Kier alpha value is -3.26. The zero-order valence-corrected chi connectivity index (χ0v) is 28.4. The highest BCUT2D eigenvalue weighted by atomic mass is 35.5. The highest BCUT2D eigenvalue weighted by Gasteiger charge is 2.50. The van der Waals surface area contributed by atoms with Gasteiger partial charge in [-0.05, 0) is 76.5 Å². The number of nitrogens with zero attached hydrogens (tertiary/aromatic N) is 1. The summed E-state index contributed by atoms with van der Waals surface area (Å²) in [5.41, 5.74) is -0.377. The van der Waals surface area contributed by atoms with E-state index in [-0.39, 0.29) is 52.2 Å². The fraction of sp³-hybridized carbons (Fsp3) is 0.500. The summed E-state index contributed by atoms with van der Waals surface area (Å²) in [7, 11) is 0. The number of aliphatic hydroxyl groups is 1. The van der Waals surface area contributed by atoms with Gasteiger partial charge in [0.25, 0.3) is 0 Å². The second kappa shape index (κ2) is 14.3. The van der Waals surface area contributed by atoms with Gasteiger partial charge in [0.2, 0.25) is 0 Å². The zero-order valence-electron chi connectivity index (χ0n) is 27.7.